The molecule has 104 valence electrons. The van der Waals surface area contributed by atoms with Gasteiger partial charge >= 0.3 is 0 Å². The van der Waals surface area contributed by atoms with Crippen LogP contribution in [0.5, 0.6) is 0 Å². The van der Waals surface area contributed by atoms with Crippen LogP contribution in [0.3, 0.4) is 0 Å². The summed E-state index contributed by atoms with van der Waals surface area (Å²) in [5.74, 6) is 0.485. The van der Waals surface area contributed by atoms with Crippen LogP contribution >= 0.6 is 0 Å². The standard InChI is InChI=1S/C15H23N3O/c16-12-4-2-5-13(17)15(12)11-3-1-6-14(11)18-7-9-19-10-8-18/h2,4-5,11,14H,1,3,6-10,16-17H2. The van der Waals surface area contributed by atoms with Gasteiger partial charge < -0.3 is 16.2 Å². The molecule has 1 saturated heterocycles. The third kappa shape index (κ3) is 2.42. The van der Waals surface area contributed by atoms with E-state index in [4.69, 9.17) is 16.2 Å². The lowest BCUT2D eigenvalue weighted by molar-refractivity contribution is 0.0145. The minimum Gasteiger partial charge on any atom is -0.398 e. The molecular weight excluding hydrogens is 238 g/mol. The van der Waals surface area contributed by atoms with Gasteiger partial charge in [0.1, 0.15) is 0 Å². The molecule has 0 spiro atoms. The highest BCUT2D eigenvalue weighted by Crippen LogP contribution is 2.42. The number of rotatable bonds is 2. The fourth-order valence-corrected chi connectivity index (χ4v) is 3.65. The average Bonchev–Trinajstić information content (AvgIpc) is 2.89. The van der Waals surface area contributed by atoms with E-state index in [0.717, 1.165) is 37.7 Å². The molecule has 4 heteroatoms. The van der Waals surface area contributed by atoms with Crippen molar-refractivity contribution in [1.82, 2.24) is 4.90 Å². The molecule has 0 aromatic heterocycles. The molecule has 0 bridgehead atoms. The van der Waals surface area contributed by atoms with Crippen molar-refractivity contribution in [2.24, 2.45) is 0 Å². The summed E-state index contributed by atoms with van der Waals surface area (Å²) in [5.41, 5.74) is 15.2. The smallest absolute Gasteiger partial charge is 0.0594 e. The molecule has 2 unspecified atom stereocenters. The van der Waals surface area contributed by atoms with Gasteiger partial charge in [0, 0.05) is 42.0 Å². The van der Waals surface area contributed by atoms with E-state index in [2.05, 4.69) is 4.90 Å². The molecule has 1 aliphatic heterocycles. The molecule has 3 rings (SSSR count). The van der Waals surface area contributed by atoms with Gasteiger partial charge in [0.15, 0.2) is 0 Å². The monoisotopic (exact) mass is 261 g/mol. The average molecular weight is 261 g/mol. The van der Waals surface area contributed by atoms with E-state index in [-0.39, 0.29) is 0 Å². The van der Waals surface area contributed by atoms with Gasteiger partial charge in [-0.05, 0) is 25.0 Å². The highest BCUT2D eigenvalue weighted by molar-refractivity contribution is 5.63. The van der Waals surface area contributed by atoms with Crippen LogP contribution in [0.15, 0.2) is 18.2 Å². The second kappa shape index (κ2) is 5.39. The molecule has 2 fully saturated rings. The summed E-state index contributed by atoms with van der Waals surface area (Å²) in [6.45, 7) is 3.77. The predicted molar refractivity (Wildman–Crippen MR) is 78.0 cm³/mol. The van der Waals surface area contributed by atoms with Crippen molar-refractivity contribution < 1.29 is 4.74 Å². The number of nitrogens with two attached hydrogens (primary N) is 2. The van der Waals surface area contributed by atoms with Crippen molar-refractivity contribution in [3.8, 4) is 0 Å². The summed E-state index contributed by atoms with van der Waals surface area (Å²) in [6, 6.07) is 6.46. The second-order valence-corrected chi connectivity index (χ2v) is 5.60. The largest absolute Gasteiger partial charge is 0.398 e. The molecule has 1 saturated carbocycles. The van der Waals surface area contributed by atoms with Crippen LogP contribution < -0.4 is 11.5 Å². The first-order valence-electron chi connectivity index (χ1n) is 7.23. The Balaban J connectivity index is 1.86. The zero-order valence-electron chi connectivity index (χ0n) is 11.3. The fourth-order valence-electron chi connectivity index (χ4n) is 3.65. The van der Waals surface area contributed by atoms with Crippen LogP contribution in [0, 0.1) is 0 Å². The molecule has 19 heavy (non-hydrogen) atoms. The number of hydrogen-bond acceptors (Lipinski definition) is 4. The van der Waals surface area contributed by atoms with Crippen LogP contribution in [0.25, 0.3) is 0 Å². The molecular formula is C15H23N3O. The SMILES string of the molecule is Nc1cccc(N)c1C1CCCC1N1CCOCC1. The van der Waals surface area contributed by atoms with Crippen molar-refractivity contribution in [2.45, 2.75) is 31.2 Å². The lowest BCUT2D eigenvalue weighted by atomic mass is 9.90. The van der Waals surface area contributed by atoms with E-state index in [1.807, 2.05) is 18.2 Å². The van der Waals surface area contributed by atoms with Gasteiger partial charge in [0.2, 0.25) is 0 Å². The lowest BCUT2D eigenvalue weighted by Gasteiger charge is -2.36. The van der Waals surface area contributed by atoms with E-state index in [0.29, 0.717) is 12.0 Å². The summed E-state index contributed by atoms with van der Waals surface area (Å²) in [5, 5.41) is 0. The van der Waals surface area contributed by atoms with Gasteiger partial charge in [-0.15, -0.1) is 0 Å². The van der Waals surface area contributed by atoms with Gasteiger partial charge in [0.05, 0.1) is 13.2 Å². The van der Waals surface area contributed by atoms with Gasteiger partial charge in [-0.2, -0.15) is 0 Å². The normalized spacial score (nSPS) is 28.6. The zero-order valence-corrected chi connectivity index (χ0v) is 11.3. The second-order valence-electron chi connectivity index (χ2n) is 5.60. The number of benzene rings is 1. The third-order valence-corrected chi connectivity index (χ3v) is 4.54. The Labute approximate surface area is 114 Å². The van der Waals surface area contributed by atoms with Crippen molar-refractivity contribution in [1.29, 1.82) is 0 Å². The molecule has 1 aliphatic carbocycles. The topological polar surface area (TPSA) is 64.5 Å². The van der Waals surface area contributed by atoms with Crippen LogP contribution in [0.2, 0.25) is 0 Å². The zero-order chi connectivity index (χ0) is 13.2. The minimum absolute atomic E-state index is 0.485. The Hall–Kier alpha value is -1.26. The molecule has 2 aliphatic rings. The number of nitrogens with zero attached hydrogens (tertiary/aromatic N) is 1. The van der Waals surface area contributed by atoms with Gasteiger partial charge in [-0.1, -0.05) is 12.5 Å². The third-order valence-electron chi connectivity index (χ3n) is 4.54. The molecule has 1 aromatic carbocycles. The molecule has 0 amide bonds. The molecule has 1 aromatic rings. The summed E-state index contributed by atoms with van der Waals surface area (Å²) in [7, 11) is 0. The van der Waals surface area contributed by atoms with Gasteiger partial charge in [-0.25, -0.2) is 0 Å². The van der Waals surface area contributed by atoms with E-state index in [9.17, 15) is 0 Å². The van der Waals surface area contributed by atoms with Crippen molar-refractivity contribution >= 4 is 11.4 Å². The summed E-state index contributed by atoms with van der Waals surface area (Å²) in [6.07, 6.45) is 3.71. The maximum atomic E-state index is 6.17. The molecule has 0 radical (unpaired) electrons. The number of anilines is 2. The molecule has 4 nitrogen and oxygen atoms in total. The summed E-state index contributed by atoms with van der Waals surface area (Å²) >= 11 is 0. The first-order valence-corrected chi connectivity index (χ1v) is 7.23. The Morgan fingerprint density at radius 2 is 1.74 bits per heavy atom. The Morgan fingerprint density at radius 3 is 2.42 bits per heavy atom. The predicted octanol–water partition coefficient (Wildman–Crippen LogP) is 1.82. The summed E-state index contributed by atoms with van der Waals surface area (Å²) < 4.78 is 5.46. The first kappa shape index (κ1) is 12.8. The number of nitrogen functional groups attached to an aromatic ring is 2. The van der Waals surface area contributed by atoms with Crippen LogP contribution in [-0.4, -0.2) is 37.2 Å². The summed E-state index contributed by atoms with van der Waals surface area (Å²) in [4.78, 5) is 2.56. The van der Waals surface area contributed by atoms with Gasteiger partial charge in [-0.3, -0.25) is 4.90 Å². The Bertz CT molecular complexity index is 423. The van der Waals surface area contributed by atoms with Crippen molar-refractivity contribution in [3.63, 3.8) is 0 Å². The van der Waals surface area contributed by atoms with E-state index in [1.165, 1.54) is 24.8 Å². The lowest BCUT2D eigenvalue weighted by Crippen LogP contribution is -2.44. The van der Waals surface area contributed by atoms with Crippen LogP contribution in [0.1, 0.15) is 30.7 Å². The molecule has 2 atom stereocenters. The van der Waals surface area contributed by atoms with E-state index < -0.39 is 0 Å². The number of hydrogen-bond donors (Lipinski definition) is 2. The highest BCUT2D eigenvalue weighted by atomic mass is 16.5. The number of ether oxygens (including phenoxy) is 1. The fraction of sp³-hybridized carbons (Fsp3) is 0.600. The maximum absolute atomic E-state index is 6.17. The Morgan fingerprint density at radius 1 is 1.05 bits per heavy atom. The number of morpholine rings is 1. The van der Waals surface area contributed by atoms with E-state index >= 15 is 0 Å². The molecule has 1 heterocycles. The first-order chi connectivity index (χ1) is 9.27. The van der Waals surface area contributed by atoms with E-state index in [1.54, 1.807) is 0 Å². The van der Waals surface area contributed by atoms with Crippen LogP contribution in [0.4, 0.5) is 11.4 Å². The maximum Gasteiger partial charge on any atom is 0.0594 e. The van der Waals surface area contributed by atoms with Crippen molar-refractivity contribution in [2.75, 3.05) is 37.8 Å². The minimum atomic E-state index is 0.485. The van der Waals surface area contributed by atoms with Crippen molar-refractivity contribution in [3.05, 3.63) is 23.8 Å². The molecule has 4 N–H and O–H groups in total. The van der Waals surface area contributed by atoms with Gasteiger partial charge in [0.25, 0.3) is 0 Å². The van der Waals surface area contributed by atoms with Crippen LogP contribution in [-0.2, 0) is 4.74 Å². The highest BCUT2D eigenvalue weighted by Gasteiger charge is 2.35. The Kier molecular flexibility index (Phi) is 3.62. The quantitative estimate of drug-likeness (QED) is 0.797.